The molecule has 2 rings (SSSR count). The Morgan fingerprint density at radius 2 is 2.21 bits per heavy atom. The van der Waals surface area contributed by atoms with Crippen LogP contribution in [0.25, 0.3) is 17.0 Å². The van der Waals surface area contributed by atoms with Crippen LogP contribution in [0.15, 0.2) is 36.3 Å². The summed E-state index contributed by atoms with van der Waals surface area (Å²) in [6, 6.07) is 9.57. The van der Waals surface area contributed by atoms with E-state index in [1.54, 1.807) is 0 Å². The smallest absolute Gasteiger partial charge is 0.0497 e. The van der Waals surface area contributed by atoms with Crippen molar-refractivity contribution in [2.24, 2.45) is 0 Å². The molecule has 1 aromatic carbocycles. The quantitative estimate of drug-likeness (QED) is 0.661. The van der Waals surface area contributed by atoms with Gasteiger partial charge in [0.25, 0.3) is 0 Å². The first-order valence-electron chi connectivity index (χ1n) is 4.25. The summed E-state index contributed by atoms with van der Waals surface area (Å²) in [5, 5.41) is 12.0. The van der Waals surface area contributed by atoms with Crippen molar-refractivity contribution in [2.75, 3.05) is 7.11 Å². The maximum absolute atomic E-state index is 10.9. The van der Waals surface area contributed by atoms with Crippen molar-refractivity contribution in [3.05, 3.63) is 42.0 Å². The summed E-state index contributed by atoms with van der Waals surface area (Å²) < 4.78 is 4.52. The average Bonchev–Trinajstić information content (AvgIpc) is 2.59. The Bertz CT molecular complexity index is 438. The molecule has 0 aliphatic heterocycles. The lowest BCUT2D eigenvalue weighted by Crippen LogP contribution is -2.04. The maximum Gasteiger partial charge on any atom is 0.0497 e. The number of benzene rings is 1. The van der Waals surface area contributed by atoms with Crippen molar-refractivity contribution >= 4 is 17.0 Å². The summed E-state index contributed by atoms with van der Waals surface area (Å²) in [6.45, 7) is 0. The normalized spacial score (nSPS) is 11.9. The largest absolute Gasteiger partial charge is 0.657 e. The molecule has 0 saturated carbocycles. The number of aromatic nitrogens is 1. The van der Waals surface area contributed by atoms with E-state index in [1.165, 1.54) is 13.2 Å². The van der Waals surface area contributed by atoms with Gasteiger partial charge < -0.3 is 14.8 Å². The first-order chi connectivity index (χ1) is 6.79. The lowest BCUT2D eigenvalue weighted by Gasteiger charge is -2.09. The minimum Gasteiger partial charge on any atom is -0.657 e. The van der Waals surface area contributed by atoms with Gasteiger partial charge in [0.2, 0.25) is 0 Å². The molecule has 3 nitrogen and oxygen atoms in total. The molecule has 2 aromatic rings. The van der Waals surface area contributed by atoms with Gasteiger partial charge in [-0.05, 0) is 12.5 Å². The van der Waals surface area contributed by atoms with Gasteiger partial charge in [0, 0.05) is 5.95 Å². The van der Waals surface area contributed by atoms with E-state index in [2.05, 4.69) is 9.72 Å². The molecule has 0 saturated heterocycles. The molecule has 0 N–H and O–H groups in total. The molecular weight excluding hydrogens is 178 g/mol. The van der Waals surface area contributed by atoms with E-state index < -0.39 is 0 Å². The van der Waals surface area contributed by atoms with E-state index in [4.69, 9.17) is 0 Å². The predicted molar refractivity (Wildman–Crippen MR) is 52.3 cm³/mol. The van der Waals surface area contributed by atoms with Gasteiger partial charge in [-0.25, -0.2) is 0 Å². The number of para-hydroxylation sites is 1. The summed E-state index contributed by atoms with van der Waals surface area (Å²) in [7, 11) is 1.35. The molecular formula is C11H9NO2-2. The van der Waals surface area contributed by atoms with Crippen LogP contribution in [0, 0.1) is 0 Å². The zero-order valence-electron chi connectivity index (χ0n) is 7.73. The minimum atomic E-state index is -0.382. The van der Waals surface area contributed by atoms with Crippen molar-refractivity contribution in [1.29, 1.82) is 0 Å². The molecule has 1 aromatic heterocycles. The van der Waals surface area contributed by atoms with Crippen LogP contribution in [0.4, 0.5) is 0 Å². The van der Waals surface area contributed by atoms with E-state index in [0.29, 0.717) is 5.69 Å². The van der Waals surface area contributed by atoms with Gasteiger partial charge in [-0.2, -0.15) is 0 Å². The zero-order chi connectivity index (χ0) is 9.97. The van der Waals surface area contributed by atoms with Crippen LogP contribution in [0.1, 0.15) is 5.69 Å². The number of rotatable bonds is 2. The molecule has 0 unspecified atom stereocenters. The Balaban J connectivity index is 2.45. The average molecular weight is 187 g/mol. The SMILES string of the molecule is CO/C([O-])=C/c1cc2ccccc2[n-]1. The van der Waals surface area contributed by atoms with Crippen LogP contribution in [0.3, 0.4) is 0 Å². The first-order valence-corrected chi connectivity index (χ1v) is 4.25. The second kappa shape index (κ2) is 3.46. The lowest BCUT2D eigenvalue weighted by molar-refractivity contribution is -0.350. The van der Waals surface area contributed by atoms with Crippen molar-refractivity contribution in [3.8, 4) is 0 Å². The fraction of sp³-hybridized carbons (Fsp3) is 0.0909. The first kappa shape index (κ1) is 8.69. The number of ether oxygens (including phenoxy) is 1. The minimum absolute atomic E-state index is 0.382. The highest BCUT2D eigenvalue weighted by Gasteiger charge is 1.86. The highest BCUT2D eigenvalue weighted by molar-refractivity contribution is 5.82. The highest BCUT2D eigenvalue weighted by Crippen LogP contribution is 2.14. The predicted octanol–water partition coefficient (Wildman–Crippen LogP) is 1.10. The standard InChI is InChI=1S/C11H10NO2/c1-14-11(13)7-9-6-8-4-2-3-5-10(8)12-9/h2-7,13H,1H3/q-1/p-1/b11-7+. The number of nitrogens with zero attached hydrogens (tertiary/aromatic N) is 1. The molecule has 1 heterocycles. The molecule has 0 aliphatic rings. The van der Waals surface area contributed by atoms with Crippen molar-refractivity contribution in [3.63, 3.8) is 0 Å². The lowest BCUT2D eigenvalue weighted by atomic mass is 10.2. The fourth-order valence-corrected chi connectivity index (χ4v) is 1.30. The number of hydrogen-bond acceptors (Lipinski definition) is 2. The summed E-state index contributed by atoms with van der Waals surface area (Å²) in [5.74, 6) is -0.382. The molecule has 0 aliphatic carbocycles. The van der Waals surface area contributed by atoms with Gasteiger partial charge >= 0.3 is 0 Å². The van der Waals surface area contributed by atoms with Gasteiger partial charge in [0.05, 0.1) is 0 Å². The fourth-order valence-electron chi connectivity index (χ4n) is 1.30. The third-order valence-corrected chi connectivity index (χ3v) is 1.96. The second-order valence-electron chi connectivity index (χ2n) is 2.91. The van der Waals surface area contributed by atoms with Crippen molar-refractivity contribution in [2.45, 2.75) is 0 Å². The van der Waals surface area contributed by atoms with E-state index in [1.807, 2.05) is 30.3 Å². The van der Waals surface area contributed by atoms with E-state index in [-0.39, 0.29) is 5.95 Å². The Morgan fingerprint density at radius 1 is 1.43 bits per heavy atom. The third kappa shape index (κ3) is 1.57. The molecule has 0 radical (unpaired) electrons. The number of methoxy groups -OCH3 is 1. The molecule has 0 bridgehead atoms. The zero-order valence-corrected chi connectivity index (χ0v) is 7.73. The molecule has 0 atom stereocenters. The Kier molecular flexibility index (Phi) is 2.14. The molecule has 3 heteroatoms. The Hall–Kier alpha value is -1.90. The van der Waals surface area contributed by atoms with Crippen LogP contribution in [0.5, 0.6) is 0 Å². The summed E-state index contributed by atoms with van der Waals surface area (Å²) in [5.41, 5.74) is 1.53. The van der Waals surface area contributed by atoms with E-state index in [0.717, 1.165) is 10.9 Å². The second-order valence-corrected chi connectivity index (χ2v) is 2.91. The Morgan fingerprint density at radius 3 is 2.93 bits per heavy atom. The third-order valence-electron chi connectivity index (χ3n) is 1.96. The van der Waals surface area contributed by atoms with E-state index in [9.17, 15) is 5.11 Å². The number of fused-ring (bicyclic) bond motifs is 1. The van der Waals surface area contributed by atoms with Crippen LogP contribution in [0.2, 0.25) is 0 Å². The molecule has 0 spiro atoms. The highest BCUT2D eigenvalue weighted by atomic mass is 16.6. The van der Waals surface area contributed by atoms with Crippen LogP contribution < -0.4 is 10.1 Å². The summed E-state index contributed by atoms with van der Waals surface area (Å²) in [6.07, 6.45) is 1.38. The molecule has 0 fully saturated rings. The van der Waals surface area contributed by atoms with Gasteiger partial charge in [0.15, 0.2) is 0 Å². The summed E-state index contributed by atoms with van der Waals surface area (Å²) >= 11 is 0. The van der Waals surface area contributed by atoms with Crippen molar-refractivity contribution < 1.29 is 9.84 Å². The molecule has 72 valence electrons. The molecule has 14 heavy (non-hydrogen) atoms. The van der Waals surface area contributed by atoms with Gasteiger partial charge in [0.1, 0.15) is 0 Å². The van der Waals surface area contributed by atoms with Crippen LogP contribution in [-0.4, -0.2) is 7.11 Å². The van der Waals surface area contributed by atoms with Crippen LogP contribution in [-0.2, 0) is 4.74 Å². The Labute approximate surface area is 81.6 Å². The summed E-state index contributed by atoms with van der Waals surface area (Å²) in [4.78, 5) is 4.24. The van der Waals surface area contributed by atoms with Crippen molar-refractivity contribution in [1.82, 2.24) is 4.98 Å². The van der Waals surface area contributed by atoms with Crippen LogP contribution >= 0.6 is 0 Å². The number of hydrogen-bond donors (Lipinski definition) is 0. The van der Waals surface area contributed by atoms with Gasteiger partial charge in [-0.1, -0.05) is 36.4 Å². The topological polar surface area (TPSA) is 46.4 Å². The van der Waals surface area contributed by atoms with Gasteiger partial charge in [-0.15, -0.1) is 11.2 Å². The van der Waals surface area contributed by atoms with Gasteiger partial charge in [-0.3, -0.25) is 0 Å². The maximum atomic E-state index is 10.9. The molecule has 0 amide bonds. The van der Waals surface area contributed by atoms with E-state index >= 15 is 0 Å². The monoisotopic (exact) mass is 187 g/mol.